The lowest BCUT2D eigenvalue weighted by molar-refractivity contribution is -0.139. The number of pyridine rings is 1. The molecular formula is C16H15NO6. The first kappa shape index (κ1) is 16.4. The molecule has 0 aliphatic carbocycles. The Morgan fingerprint density at radius 3 is 2.22 bits per heavy atom. The van der Waals surface area contributed by atoms with E-state index < -0.39 is 17.9 Å². The second kappa shape index (κ2) is 6.87. The maximum absolute atomic E-state index is 12.2. The molecule has 0 aliphatic heterocycles. The van der Waals surface area contributed by atoms with Crippen LogP contribution in [0.4, 0.5) is 0 Å². The summed E-state index contributed by atoms with van der Waals surface area (Å²) in [6, 6.07) is 6.84. The topological polar surface area (TPSA) is 91.8 Å². The average molecular weight is 317 g/mol. The maximum atomic E-state index is 12.2. The molecular weight excluding hydrogens is 302 g/mol. The standard InChI is InChI=1S/C16H15NO6/c1-21-12(18)8-10-9-6-4-5-7-11(9)17-14(16(20)23-3)13(10)15(19)22-2/h4-7H,8H2,1-3H3. The molecule has 0 spiro atoms. The number of nitrogens with zero attached hydrogens (tertiary/aromatic N) is 1. The van der Waals surface area contributed by atoms with E-state index >= 15 is 0 Å². The molecule has 0 fully saturated rings. The molecule has 0 aliphatic rings. The Bertz CT molecular complexity index is 783. The van der Waals surface area contributed by atoms with Crippen molar-refractivity contribution in [3.05, 3.63) is 41.1 Å². The van der Waals surface area contributed by atoms with Crippen molar-refractivity contribution in [2.24, 2.45) is 0 Å². The Kier molecular flexibility index (Phi) is 4.90. The first-order valence-electron chi connectivity index (χ1n) is 6.68. The number of ether oxygens (including phenoxy) is 3. The van der Waals surface area contributed by atoms with E-state index in [1.54, 1.807) is 24.3 Å². The number of rotatable bonds is 4. The number of esters is 3. The molecule has 0 saturated carbocycles. The van der Waals surface area contributed by atoms with E-state index in [4.69, 9.17) is 4.74 Å². The summed E-state index contributed by atoms with van der Waals surface area (Å²) in [4.78, 5) is 40.1. The molecule has 0 bridgehead atoms. The number of hydrogen-bond donors (Lipinski definition) is 0. The van der Waals surface area contributed by atoms with Gasteiger partial charge >= 0.3 is 17.9 Å². The number of benzene rings is 1. The molecule has 7 heteroatoms. The lowest BCUT2D eigenvalue weighted by Gasteiger charge is -2.14. The third-order valence-corrected chi connectivity index (χ3v) is 3.32. The SMILES string of the molecule is COC(=O)Cc1c(C(=O)OC)c(C(=O)OC)nc2ccccc12. The Labute approximate surface area is 132 Å². The molecule has 120 valence electrons. The Hall–Kier alpha value is -2.96. The van der Waals surface area contributed by atoms with Gasteiger partial charge in [0.2, 0.25) is 0 Å². The number of carbonyl (C=O) groups is 3. The van der Waals surface area contributed by atoms with Gasteiger partial charge in [-0.05, 0) is 11.6 Å². The Balaban J connectivity index is 2.85. The van der Waals surface area contributed by atoms with Crippen molar-refractivity contribution in [1.82, 2.24) is 4.98 Å². The Morgan fingerprint density at radius 1 is 0.957 bits per heavy atom. The largest absolute Gasteiger partial charge is 0.469 e. The van der Waals surface area contributed by atoms with Gasteiger partial charge in [-0.25, -0.2) is 14.6 Å². The molecule has 0 radical (unpaired) electrons. The van der Waals surface area contributed by atoms with Gasteiger partial charge in [-0.2, -0.15) is 0 Å². The molecule has 1 heterocycles. The minimum atomic E-state index is -0.790. The van der Waals surface area contributed by atoms with Crippen LogP contribution in [0.5, 0.6) is 0 Å². The van der Waals surface area contributed by atoms with Crippen LogP contribution in [0.15, 0.2) is 24.3 Å². The second-order valence-corrected chi connectivity index (χ2v) is 4.57. The van der Waals surface area contributed by atoms with Gasteiger partial charge in [0.1, 0.15) is 0 Å². The van der Waals surface area contributed by atoms with Crippen molar-refractivity contribution in [2.45, 2.75) is 6.42 Å². The van der Waals surface area contributed by atoms with E-state index in [9.17, 15) is 14.4 Å². The number of fused-ring (bicyclic) bond motifs is 1. The first-order valence-corrected chi connectivity index (χ1v) is 6.68. The third kappa shape index (κ3) is 3.13. The fourth-order valence-corrected chi connectivity index (χ4v) is 2.25. The highest BCUT2D eigenvalue weighted by Gasteiger charge is 2.27. The van der Waals surface area contributed by atoms with Crippen LogP contribution < -0.4 is 0 Å². The predicted molar refractivity (Wildman–Crippen MR) is 80.1 cm³/mol. The van der Waals surface area contributed by atoms with E-state index in [0.29, 0.717) is 16.5 Å². The van der Waals surface area contributed by atoms with E-state index in [1.165, 1.54) is 21.3 Å². The van der Waals surface area contributed by atoms with Gasteiger partial charge in [-0.15, -0.1) is 0 Å². The summed E-state index contributed by atoms with van der Waals surface area (Å²) < 4.78 is 14.1. The highest BCUT2D eigenvalue weighted by molar-refractivity contribution is 6.07. The van der Waals surface area contributed by atoms with Gasteiger partial charge in [0.25, 0.3) is 0 Å². The zero-order valence-electron chi connectivity index (χ0n) is 12.9. The molecule has 2 aromatic rings. The first-order chi connectivity index (χ1) is 11.0. The second-order valence-electron chi connectivity index (χ2n) is 4.57. The molecule has 0 amide bonds. The Morgan fingerprint density at radius 2 is 1.61 bits per heavy atom. The number of hydrogen-bond acceptors (Lipinski definition) is 7. The van der Waals surface area contributed by atoms with E-state index in [-0.39, 0.29) is 17.7 Å². The van der Waals surface area contributed by atoms with E-state index in [2.05, 4.69) is 14.5 Å². The van der Waals surface area contributed by atoms with Crippen LogP contribution >= 0.6 is 0 Å². The van der Waals surface area contributed by atoms with Crippen molar-refractivity contribution in [3.8, 4) is 0 Å². The summed E-state index contributed by atoms with van der Waals surface area (Å²) in [7, 11) is 3.60. The van der Waals surface area contributed by atoms with E-state index in [0.717, 1.165) is 0 Å². The summed E-state index contributed by atoms with van der Waals surface area (Å²) >= 11 is 0. The molecule has 1 aromatic heterocycles. The van der Waals surface area contributed by atoms with Crippen LogP contribution in [-0.2, 0) is 25.4 Å². The number of aromatic nitrogens is 1. The molecule has 2 rings (SSSR count). The maximum Gasteiger partial charge on any atom is 0.357 e. The number of methoxy groups -OCH3 is 3. The highest BCUT2D eigenvalue weighted by Crippen LogP contribution is 2.26. The third-order valence-electron chi connectivity index (χ3n) is 3.32. The molecule has 23 heavy (non-hydrogen) atoms. The van der Waals surface area contributed by atoms with Crippen LogP contribution in [0.3, 0.4) is 0 Å². The van der Waals surface area contributed by atoms with Gasteiger partial charge < -0.3 is 14.2 Å². The molecule has 0 N–H and O–H groups in total. The van der Waals surface area contributed by atoms with Crippen molar-refractivity contribution in [1.29, 1.82) is 0 Å². The van der Waals surface area contributed by atoms with Crippen molar-refractivity contribution < 1.29 is 28.6 Å². The highest BCUT2D eigenvalue weighted by atomic mass is 16.5. The molecule has 0 atom stereocenters. The fourth-order valence-electron chi connectivity index (χ4n) is 2.25. The summed E-state index contributed by atoms with van der Waals surface area (Å²) in [5, 5.41) is 0.561. The van der Waals surface area contributed by atoms with Gasteiger partial charge in [0.05, 0.1) is 38.8 Å². The van der Waals surface area contributed by atoms with Gasteiger partial charge in [0.15, 0.2) is 5.69 Å². The smallest absolute Gasteiger partial charge is 0.357 e. The van der Waals surface area contributed by atoms with Crippen molar-refractivity contribution >= 4 is 28.8 Å². The van der Waals surface area contributed by atoms with E-state index in [1.807, 2.05) is 0 Å². The van der Waals surface area contributed by atoms with Crippen molar-refractivity contribution in [2.75, 3.05) is 21.3 Å². The lowest BCUT2D eigenvalue weighted by atomic mass is 9.97. The van der Waals surface area contributed by atoms with Crippen LogP contribution in [0.1, 0.15) is 26.4 Å². The van der Waals surface area contributed by atoms with Gasteiger partial charge in [-0.1, -0.05) is 18.2 Å². The summed E-state index contributed by atoms with van der Waals surface area (Å²) in [5.74, 6) is -2.12. The number of carbonyl (C=O) groups excluding carboxylic acids is 3. The molecule has 1 aromatic carbocycles. The molecule has 7 nitrogen and oxygen atoms in total. The lowest BCUT2D eigenvalue weighted by Crippen LogP contribution is -2.19. The van der Waals surface area contributed by atoms with Crippen LogP contribution in [0.25, 0.3) is 10.9 Å². The molecule has 0 saturated heterocycles. The average Bonchev–Trinajstić information content (AvgIpc) is 2.59. The fraction of sp³-hybridized carbons (Fsp3) is 0.250. The van der Waals surface area contributed by atoms with Gasteiger partial charge in [0, 0.05) is 5.39 Å². The monoisotopic (exact) mass is 317 g/mol. The van der Waals surface area contributed by atoms with Crippen LogP contribution in [0.2, 0.25) is 0 Å². The summed E-state index contributed by atoms with van der Waals surface area (Å²) in [6.45, 7) is 0. The summed E-state index contributed by atoms with van der Waals surface area (Å²) in [5.41, 5.74) is 0.481. The van der Waals surface area contributed by atoms with Gasteiger partial charge in [-0.3, -0.25) is 4.79 Å². The van der Waals surface area contributed by atoms with Crippen LogP contribution in [0, 0.1) is 0 Å². The zero-order valence-corrected chi connectivity index (χ0v) is 12.9. The minimum absolute atomic E-state index is 0.0940. The normalized spacial score (nSPS) is 10.2. The zero-order chi connectivity index (χ0) is 17.0. The predicted octanol–water partition coefficient (Wildman–Crippen LogP) is 1.52. The quantitative estimate of drug-likeness (QED) is 0.623. The number of para-hydroxylation sites is 1. The summed E-state index contributed by atoms with van der Waals surface area (Å²) in [6.07, 6.45) is -0.200. The molecule has 0 unspecified atom stereocenters. The van der Waals surface area contributed by atoms with Crippen LogP contribution in [-0.4, -0.2) is 44.2 Å². The minimum Gasteiger partial charge on any atom is -0.469 e. The van der Waals surface area contributed by atoms with Crippen molar-refractivity contribution in [3.63, 3.8) is 0 Å².